The minimum absolute atomic E-state index is 0.676. The first-order chi connectivity index (χ1) is 10.3. The second-order valence-corrected chi connectivity index (χ2v) is 5.89. The van der Waals surface area contributed by atoms with Gasteiger partial charge in [0.2, 0.25) is 0 Å². The van der Waals surface area contributed by atoms with E-state index in [1.165, 1.54) is 37.7 Å². The highest BCUT2D eigenvalue weighted by Gasteiger charge is 2.22. The number of ether oxygens (including phenoxy) is 1. The maximum atomic E-state index is 8.84. The van der Waals surface area contributed by atoms with Gasteiger partial charge < -0.3 is 4.74 Å². The van der Waals surface area contributed by atoms with Gasteiger partial charge in [-0.1, -0.05) is 25.1 Å². The van der Waals surface area contributed by atoms with Gasteiger partial charge in [0.25, 0.3) is 0 Å². The predicted molar refractivity (Wildman–Crippen MR) is 85.9 cm³/mol. The van der Waals surface area contributed by atoms with E-state index in [2.05, 4.69) is 31.2 Å². The Bertz CT molecular complexity index is 475. The SMILES string of the molecule is CC/C=C/OCCC1CCC(c2ccc(C#N)cc2)CC1. The van der Waals surface area contributed by atoms with Gasteiger partial charge in [-0.15, -0.1) is 0 Å². The molecule has 0 bridgehead atoms. The molecule has 0 radical (unpaired) electrons. The quantitative estimate of drug-likeness (QED) is 0.533. The highest BCUT2D eigenvalue weighted by atomic mass is 16.5. The van der Waals surface area contributed by atoms with E-state index >= 15 is 0 Å². The van der Waals surface area contributed by atoms with Gasteiger partial charge >= 0.3 is 0 Å². The molecule has 0 heterocycles. The van der Waals surface area contributed by atoms with Crippen molar-refractivity contribution >= 4 is 0 Å². The summed E-state index contributed by atoms with van der Waals surface area (Å²) in [5.74, 6) is 1.49. The molecule has 1 aromatic rings. The molecular formula is C19H25NO. The van der Waals surface area contributed by atoms with Gasteiger partial charge in [0.05, 0.1) is 24.5 Å². The molecule has 1 aliphatic rings. The van der Waals surface area contributed by atoms with Gasteiger partial charge in [-0.3, -0.25) is 0 Å². The van der Waals surface area contributed by atoms with Gasteiger partial charge in [0.1, 0.15) is 0 Å². The van der Waals surface area contributed by atoms with E-state index in [-0.39, 0.29) is 0 Å². The van der Waals surface area contributed by atoms with Crippen molar-refractivity contribution in [3.05, 3.63) is 47.7 Å². The Balaban J connectivity index is 1.72. The van der Waals surface area contributed by atoms with Crippen LogP contribution in [0.3, 0.4) is 0 Å². The van der Waals surface area contributed by atoms with Crippen molar-refractivity contribution in [2.24, 2.45) is 5.92 Å². The summed E-state index contributed by atoms with van der Waals surface area (Å²) in [5, 5.41) is 8.84. The largest absolute Gasteiger partial charge is 0.502 e. The third-order valence-corrected chi connectivity index (χ3v) is 4.43. The summed E-state index contributed by atoms with van der Waals surface area (Å²) in [7, 11) is 0. The Morgan fingerprint density at radius 2 is 1.90 bits per heavy atom. The van der Waals surface area contributed by atoms with Crippen molar-refractivity contribution in [2.45, 2.75) is 51.4 Å². The van der Waals surface area contributed by atoms with E-state index in [1.54, 1.807) is 0 Å². The lowest BCUT2D eigenvalue weighted by Crippen LogP contribution is -2.14. The first-order valence-electron chi connectivity index (χ1n) is 8.10. The van der Waals surface area contributed by atoms with Crippen LogP contribution in [0.1, 0.15) is 62.5 Å². The van der Waals surface area contributed by atoms with E-state index in [0.717, 1.165) is 24.5 Å². The zero-order valence-corrected chi connectivity index (χ0v) is 12.9. The Morgan fingerprint density at radius 1 is 1.19 bits per heavy atom. The number of hydrogen-bond acceptors (Lipinski definition) is 2. The average Bonchev–Trinajstić information content (AvgIpc) is 2.55. The maximum absolute atomic E-state index is 8.84. The number of nitriles is 1. The second-order valence-electron chi connectivity index (χ2n) is 5.89. The van der Waals surface area contributed by atoms with Gasteiger partial charge in [-0.25, -0.2) is 0 Å². The molecule has 0 aromatic heterocycles. The van der Waals surface area contributed by atoms with Crippen LogP contribution in [0.5, 0.6) is 0 Å². The van der Waals surface area contributed by atoms with Crippen molar-refractivity contribution in [3.63, 3.8) is 0 Å². The van der Waals surface area contributed by atoms with Crippen LogP contribution in [0, 0.1) is 17.2 Å². The monoisotopic (exact) mass is 283 g/mol. The summed E-state index contributed by atoms with van der Waals surface area (Å²) >= 11 is 0. The van der Waals surface area contributed by atoms with Crippen LogP contribution in [0.15, 0.2) is 36.6 Å². The third kappa shape index (κ3) is 4.93. The molecule has 1 aromatic carbocycles. The molecule has 2 rings (SSSR count). The van der Waals surface area contributed by atoms with E-state index < -0.39 is 0 Å². The molecule has 21 heavy (non-hydrogen) atoms. The zero-order valence-electron chi connectivity index (χ0n) is 12.9. The minimum atomic E-state index is 0.676. The molecule has 112 valence electrons. The summed E-state index contributed by atoms with van der Waals surface area (Å²) in [4.78, 5) is 0. The molecule has 0 unspecified atom stereocenters. The lowest BCUT2D eigenvalue weighted by molar-refractivity contribution is 0.198. The van der Waals surface area contributed by atoms with Crippen LogP contribution in [0.25, 0.3) is 0 Å². The van der Waals surface area contributed by atoms with E-state index in [9.17, 15) is 0 Å². The molecule has 2 heteroatoms. The Hall–Kier alpha value is -1.75. The van der Waals surface area contributed by atoms with Crippen molar-refractivity contribution in [2.75, 3.05) is 6.61 Å². The lowest BCUT2D eigenvalue weighted by Gasteiger charge is -2.28. The van der Waals surface area contributed by atoms with E-state index in [4.69, 9.17) is 10.00 Å². The predicted octanol–water partition coefficient (Wildman–Crippen LogP) is 5.16. The van der Waals surface area contributed by atoms with Crippen molar-refractivity contribution in [1.82, 2.24) is 0 Å². The molecule has 1 aliphatic carbocycles. The normalized spacial score (nSPS) is 22.1. The zero-order chi connectivity index (χ0) is 14.9. The fourth-order valence-corrected chi connectivity index (χ4v) is 3.08. The summed E-state index contributed by atoms with van der Waals surface area (Å²) in [6, 6.07) is 10.3. The highest BCUT2D eigenvalue weighted by molar-refractivity contribution is 5.33. The molecular weight excluding hydrogens is 258 g/mol. The van der Waals surface area contributed by atoms with Crippen LogP contribution < -0.4 is 0 Å². The molecule has 0 N–H and O–H groups in total. The third-order valence-electron chi connectivity index (χ3n) is 4.43. The van der Waals surface area contributed by atoms with Crippen LogP contribution in [0.2, 0.25) is 0 Å². The maximum Gasteiger partial charge on any atom is 0.0991 e. The molecule has 0 aliphatic heterocycles. The topological polar surface area (TPSA) is 33.0 Å². The van der Waals surface area contributed by atoms with E-state index in [1.807, 2.05) is 18.4 Å². The average molecular weight is 283 g/mol. The Kier molecular flexibility index (Phi) is 6.34. The summed E-state index contributed by atoms with van der Waals surface area (Å²) < 4.78 is 5.50. The fraction of sp³-hybridized carbons (Fsp3) is 0.526. The van der Waals surface area contributed by atoms with E-state index in [0.29, 0.717) is 5.92 Å². The first kappa shape index (κ1) is 15.6. The summed E-state index contributed by atoms with van der Waals surface area (Å²) in [5.41, 5.74) is 2.15. The molecule has 0 atom stereocenters. The number of benzene rings is 1. The van der Waals surface area contributed by atoms with Crippen LogP contribution >= 0.6 is 0 Å². The molecule has 0 spiro atoms. The summed E-state index contributed by atoms with van der Waals surface area (Å²) in [6.07, 6.45) is 11.2. The van der Waals surface area contributed by atoms with Crippen molar-refractivity contribution in [3.8, 4) is 6.07 Å². The first-order valence-corrected chi connectivity index (χ1v) is 8.10. The highest BCUT2D eigenvalue weighted by Crippen LogP contribution is 2.37. The number of nitrogens with zero attached hydrogens (tertiary/aromatic N) is 1. The molecule has 1 saturated carbocycles. The van der Waals surface area contributed by atoms with Crippen LogP contribution in [-0.4, -0.2) is 6.61 Å². The minimum Gasteiger partial charge on any atom is -0.502 e. The van der Waals surface area contributed by atoms with Gasteiger partial charge in [0.15, 0.2) is 0 Å². The summed E-state index contributed by atoms with van der Waals surface area (Å²) in [6.45, 7) is 2.97. The number of rotatable bonds is 6. The standard InChI is InChI=1S/C19H25NO/c1-2-3-13-21-14-12-16-4-8-18(9-5-16)19-10-6-17(15-20)7-11-19/h3,6-7,10-11,13,16,18H,2,4-5,8-9,12,14H2,1H3/b13-3+. The Labute approximate surface area is 128 Å². The lowest BCUT2D eigenvalue weighted by atomic mass is 9.77. The van der Waals surface area contributed by atoms with Crippen LogP contribution in [-0.2, 0) is 4.74 Å². The Morgan fingerprint density at radius 3 is 2.52 bits per heavy atom. The molecule has 2 nitrogen and oxygen atoms in total. The number of allylic oxidation sites excluding steroid dienone is 1. The van der Waals surface area contributed by atoms with Gasteiger partial charge in [0, 0.05) is 0 Å². The second kappa shape index (κ2) is 8.52. The van der Waals surface area contributed by atoms with Crippen molar-refractivity contribution in [1.29, 1.82) is 5.26 Å². The smallest absolute Gasteiger partial charge is 0.0991 e. The fourth-order valence-electron chi connectivity index (χ4n) is 3.08. The van der Waals surface area contributed by atoms with Crippen molar-refractivity contribution < 1.29 is 4.74 Å². The van der Waals surface area contributed by atoms with Gasteiger partial charge in [-0.2, -0.15) is 5.26 Å². The van der Waals surface area contributed by atoms with Crippen LogP contribution in [0.4, 0.5) is 0 Å². The van der Waals surface area contributed by atoms with Gasteiger partial charge in [-0.05, 0) is 68.1 Å². The number of hydrogen-bond donors (Lipinski definition) is 0. The molecule has 1 fully saturated rings. The molecule has 0 saturated heterocycles. The molecule has 0 amide bonds.